The van der Waals surface area contributed by atoms with Crippen molar-refractivity contribution in [3.8, 4) is 0 Å². The van der Waals surface area contributed by atoms with Gasteiger partial charge in [0.05, 0.1) is 5.60 Å². The van der Waals surface area contributed by atoms with Crippen LogP contribution >= 0.6 is 0 Å². The molecular weight excluding hydrogens is 258 g/mol. The van der Waals surface area contributed by atoms with Crippen LogP contribution in [0.25, 0.3) is 0 Å². The third kappa shape index (κ3) is 2.67. The predicted molar refractivity (Wildman–Crippen MR) is 86.3 cm³/mol. The second-order valence-corrected chi connectivity index (χ2v) is 8.50. The first kappa shape index (κ1) is 14.5. The maximum Gasteiger partial charge on any atom is 0.0685 e. The molecule has 1 spiro atoms. The molecule has 5 unspecified atom stereocenters. The molecule has 3 aliphatic carbocycles. The van der Waals surface area contributed by atoms with Crippen LogP contribution in [0.15, 0.2) is 0 Å². The molecule has 0 aromatic carbocycles. The van der Waals surface area contributed by atoms with Crippen molar-refractivity contribution in [1.29, 1.82) is 0 Å². The molecule has 0 radical (unpaired) electrons. The highest BCUT2D eigenvalue weighted by Gasteiger charge is 2.47. The van der Waals surface area contributed by atoms with Crippen LogP contribution in [-0.2, 0) is 4.74 Å². The van der Waals surface area contributed by atoms with E-state index < -0.39 is 0 Å². The van der Waals surface area contributed by atoms with Crippen molar-refractivity contribution in [2.75, 3.05) is 13.7 Å². The van der Waals surface area contributed by atoms with Crippen molar-refractivity contribution in [1.82, 2.24) is 5.32 Å². The van der Waals surface area contributed by atoms with E-state index in [1.54, 1.807) is 0 Å². The van der Waals surface area contributed by atoms with Gasteiger partial charge in [-0.15, -0.1) is 0 Å². The standard InChI is InChI=1S/C19H33NO/c1-20-18(17-12-14-5-6-15(17)11-14)16-7-10-21-19(13-16)8-3-2-4-9-19/h14-18,20H,2-13H2,1H3. The molecular formula is C19H33NO. The van der Waals surface area contributed by atoms with Crippen LogP contribution in [0.4, 0.5) is 0 Å². The Morgan fingerprint density at radius 1 is 1.05 bits per heavy atom. The first-order valence-corrected chi connectivity index (χ1v) is 9.61. The minimum atomic E-state index is 0.272. The normalized spacial score (nSPS) is 43.3. The Hall–Kier alpha value is -0.0800. The molecule has 1 heterocycles. The van der Waals surface area contributed by atoms with Crippen LogP contribution in [0.1, 0.15) is 70.6 Å². The van der Waals surface area contributed by atoms with Gasteiger partial charge in [0.15, 0.2) is 0 Å². The molecule has 1 aliphatic heterocycles. The van der Waals surface area contributed by atoms with E-state index in [0.717, 1.165) is 36.3 Å². The van der Waals surface area contributed by atoms with E-state index in [0.29, 0.717) is 0 Å². The Bertz CT molecular complexity index is 357. The SMILES string of the molecule is CNC(C1CCOC2(CCCCC2)C1)C1CC2CCC1C2. The molecule has 2 bridgehead atoms. The number of rotatable bonds is 3. The maximum atomic E-state index is 6.33. The Labute approximate surface area is 130 Å². The molecule has 120 valence electrons. The largest absolute Gasteiger partial charge is 0.375 e. The lowest BCUT2D eigenvalue weighted by Crippen LogP contribution is -2.50. The third-order valence-corrected chi connectivity index (χ3v) is 7.39. The van der Waals surface area contributed by atoms with E-state index in [1.165, 1.54) is 70.6 Å². The van der Waals surface area contributed by atoms with Crippen LogP contribution in [0.2, 0.25) is 0 Å². The van der Waals surface area contributed by atoms with Gasteiger partial charge in [0, 0.05) is 12.6 Å². The summed E-state index contributed by atoms with van der Waals surface area (Å²) in [7, 11) is 2.22. The highest BCUT2D eigenvalue weighted by atomic mass is 16.5. The molecule has 2 nitrogen and oxygen atoms in total. The summed E-state index contributed by atoms with van der Waals surface area (Å²) in [6.07, 6.45) is 15.6. The molecule has 0 amide bonds. The first-order chi connectivity index (χ1) is 10.3. The molecule has 5 atom stereocenters. The average Bonchev–Trinajstić information content (AvgIpc) is 3.12. The predicted octanol–water partition coefficient (Wildman–Crippen LogP) is 4.14. The number of hydrogen-bond donors (Lipinski definition) is 1. The van der Waals surface area contributed by atoms with Crippen molar-refractivity contribution >= 4 is 0 Å². The van der Waals surface area contributed by atoms with Gasteiger partial charge in [-0.1, -0.05) is 25.7 Å². The second-order valence-electron chi connectivity index (χ2n) is 8.50. The van der Waals surface area contributed by atoms with Crippen molar-refractivity contribution in [2.24, 2.45) is 23.7 Å². The summed E-state index contributed by atoms with van der Waals surface area (Å²) in [6, 6.07) is 0.767. The molecule has 1 saturated heterocycles. The molecule has 0 aromatic rings. The van der Waals surface area contributed by atoms with Gasteiger partial charge in [0.1, 0.15) is 0 Å². The van der Waals surface area contributed by atoms with Gasteiger partial charge in [0.25, 0.3) is 0 Å². The second kappa shape index (κ2) is 5.85. The van der Waals surface area contributed by atoms with Crippen LogP contribution in [-0.4, -0.2) is 25.3 Å². The van der Waals surface area contributed by atoms with Gasteiger partial charge in [-0.05, 0) is 75.7 Å². The number of fused-ring (bicyclic) bond motifs is 2. The fourth-order valence-corrected chi connectivity index (χ4v) is 6.45. The van der Waals surface area contributed by atoms with E-state index in [1.807, 2.05) is 0 Å². The summed E-state index contributed by atoms with van der Waals surface area (Å²) in [5.41, 5.74) is 0.272. The van der Waals surface area contributed by atoms with Crippen LogP contribution in [0.5, 0.6) is 0 Å². The van der Waals surface area contributed by atoms with E-state index in [-0.39, 0.29) is 5.60 Å². The van der Waals surface area contributed by atoms with Gasteiger partial charge >= 0.3 is 0 Å². The van der Waals surface area contributed by atoms with Gasteiger partial charge in [-0.25, -0.2) is 0 Å². The van der Waals surface area contributed by atoms with Crippen LogP contribution < -0.4 is 5.32 Å². The Kier molecular flexibility index (Phi) is 4.04. The number of nitrogens with one attached hydrogen (secondary N) is 1. The minimum Gasteiger partial charge on any atom is -0.375 e. The smallest absolute Gasteiger partial charge is 0.0685 e. The van der Waals surface area contributed by atoms with Crippen LogP contribution in [0.3, 0.4) is 0 Å². The fraction of sp³-hybridized carbons (Fsp3) is 1.00. The van der Waals surface area contributed by atoms with E-state index in [4.69, 9.17) is 4.74 Å². The van der Waals surface area contributed by atoms with Gasteiger partial charge in [0.2, 0.25) is 0 Å². The minimum absolute atomic E-state index is 0.272. The summed E-state index contributed by atoms with van der Waals surface area (Å²) in [5.74, 6) is 3.95. The Morgan fingerprint density at radius 2 is 1.90 bits per heavy atom. The maximum absolute atomic E-state index is 6.33. The summed E-state index contributed by atoms with van der Waals surface area (Å²) in [5, 5.41) is 3.77. The van der Waals surface area contributed by atoms with Crippen molar-refractivity contribution in [2.45, 2.75) is 82.3 Å². The zero-order valence-corrected chi connectivity index (χ0v) is 13.8. The quantitative estimate of drug-likeness (QED) is 0.844. The lowest BCUT2D eigenvalue weighted by molar-refractivity contribution is -0.124. The van der Waals surface area contributed by atoms with Gasteiger partial charge < -0.3 is 10.1 Å². The third-order valence-electron chi connectivity index (χ3n) is 7.39. The molecule has 2 heteroatoms. The van der Waals surface area contributed by atoms with Crippen molar-refractivity contribution in [3.63, 3.8) is 0 Å². The summed E-state index contributed by atoms with van der Waals surface area (Å²) >= 11 is 0. The van der Waals surface area contributed by atoms with E-state index in [9.17, 15) is 0 Å². The first-order valence-electron chi connectivity index (χ1n) is 9.61. The summed E-state index contributed by atoms with van der Waals surface area (Å²) in [6.45, 7) is 1.02. The highest BCUT2D eigenvalue weighted by molar-refractivity contribution is 5.00. The van der Waals surface area contributed by atoms with Crippen molar-refractivity contribution in [3.05, 3.63) is 0 Å². The van der Waals surface area contributed by atoms with E-state index in [2.05, 4.69) is 12.4 Å². The molecule has 21 heavy (non-hydrogen) atoms. The Morgan fingerprint density at radius 3 is 2.57 bits per heavy atom. The summed E-state index contributed by atoms with van der Waals surface area (Å²) < 4.78 is 6.33. The van der Waals surface area contributed by atoms with E-state index >= 15 is 0 Å². The molecule has 3 saturated carbocycles. The molecule has 1 N–H and O–H groups in total. The lowest BCUT2D eigenvalue weighted by atomic mass is 9.69. The molecule has 4 fully saturated rings. The van der Waals surface area contributed by atoms with Crippen LogP contribution in [0, 0.1) is 23.7 Å². The zero-order chi connectivity index (χ0) is 14.3. The number of hydrogen-bond acceptors (Lipinski definition) is 2. The highest BCUT2D eigenvalue weighted by Crippen LogP contribution is 2.52. The zero-order valence-electron chi connectivity index (χ0n) is 13.8. The van der Waals surface area contributed by atoms with Gasteiger partial charge in [-0.2, -0.15) is 0 Å². The fourth-order valence-electron chi connectivity index (χ4n) is 6.45. The monoisotopic (exact) mass is 291 g/mol. The van der Waals surface area contributed by atoms with Gasteiger partial charge in [-0.3, -0.25) is 0 Å². The molecule has 4 rings (SSSR count). The average molecular weight is 291 g/mol. The van der Waals surface area contributed by atoms with Crippen molar-refractivity contribution < 1.29 is 4.74 Å². The molecule has 4 aliphatic rings. The lowest BCUT2D eigenvalue weighted by Gasteiger charge is -2.47. The number of ether oxygens (including phenoxy) is 1. The molecule has 0 aromatic heterocycles. The Balaban J connectivity index is 1.46. The topological polar surface area (TPSA) is 21.3 Å². The summed E-state index contributed by atoms with van der Waals surface area (Å²) in [4.78, 5) is 0.